The summed E-state index contributed by atoms with van der Waals surface area (Å²) < 4.78 is 98.8. The maximum absolute atomic E-state index is 13.0. The van der Waals surface area contributed by atoms with Crippen molar-refractivity contribution in [3.63, 3.8) is 0 Å². The van der Waals surface area contributed by atoms with E-state index >= 15 is 0 Å². The van der Waals surface area contributed by atoms with Crippen molar-refractivity contribution < 1.29 is 85.3 Å². The summed E-state index contributed by atoms with van der Waals surface area (Å²) in [4.78, 5) is 102. The molecule has 13 aromatic rings. The minimum atomic E-state index is -3.37. The van der Waals surface area contributed by atoms with Crippen molar-refractivity contribution in [3.05, 3.63) is 199 Å². The molecule has 16 rings (SSSR count). The quantitative estimate of drug-likeness (QED) is 0.0284. The number of hydrogen-bond acceptors (Lipinski definition) is 23. The number of fused-ring (bicyclic) bond motifs is 4. The van der Waals surface area contributed by atoms with E-state index in [2.05, 4.69) is 75.8 Å². The van der Waals surface area contributed by atoms with Crippen LogP contribution in [-0.2, 0) is 39.3 Å². The molecular weight excluding hydrogens is 1700 g/mol. The number of aliphatic hydroxyl groups excluding tert-OH is 3. The van der Waals surface area contributed by atoms with Crippen molar-refractivity contribution >= 4 is 113 Å². The molecule has 1 aliphatic heterocycles. The van der Waals surface area contributed by atoms with Gasteiger partial charge in [-0.1, -0.05) is 92.8 Å². The molecule has 10 N–H and O–H groups in total. The number of rotatable bonds is 23. The molecule has 3 fully saturated rings. The molecule has 2 aliphatic carbocycles. The third-order valence-corrected chi connectivity index (χ3v) is 32.0. The van der Waals surface area contributed by atoms with Gasteiger partial charge in [-0.2, -0.15) is 0 Å². The second kappa shape index (κ2) is 40.0. The van der Waals surface area contributed by atoms with E-state index in [1.54, 1.807) is 238 Å². The van der Waals surface area contributed by atoms with Crippen LogP contribution in [0.25, 0.3) is 89.7 Å². The minimum absolute atomic E-state index is 0. The molecular formula is C92H130N16O15S4. The lowest BCUT2D eigenvalue weighted by atomic mass is 9.86. The predicted molar refractivity (Wildman–Crippen MR) is 512 cm³/mol. The van der Waals surface area contributed by atoms with Crippen molar-refractivity contribution in [2.24, 2.45) is 17.8 Å². The summed E-state index contributed by atoms with van der Waals surface area (Å²) in [6, 6.07) is 33.2. The van der Waals surface area contributed by atoms with Crippen molar-refractivity contribution in [1.82, 2.24) is 75.3 Å². The molecule has 2 saturated carbocycles. The van der Waals surface area contributed by atoms with E-state index in [-0.39, 0.29) is 84.9 Å². The number of likely N-dealkylation sites (tertiary alicyclic amines) is 1. The van der Waals surface area contributed by atoms with Crippen LogP contribution in [0.3, 0.4) is 0 Å². The number of hydrogen-bond donors (Lipinski definition) is 10. The van der Waals surface area contributed by atoms with E-state index in [9.17, 15) is 68.2 Å². The standard InChI is InChI=1S/C24H24N4O4S.C23H28N4O4S.C23H28N4O3S.C22H26N4O4S.12H2/c1-14(2)33(31,32)19-9-7-16(8-10-19)21-13-26-23-22(28-21)20(12-25-23)24(30)27-18-6-4-5-17(11-18)15(3)29;1-14(2)32(30,31)17-9-7-15(8-10-17)19-13-25-22-21(27-19)18(12-24-22)23(29)26-11-16-5-3-4-6-20(16)28;1-15(2)31(29,30)18-10-8-17(9-11-18)20-14-25-22-21(27-20)19(13-24-22)23(28)26-12-16-6-4-3-5-7-16;1-14(2)31(29,30)17-5-3-16(4-6-17)19-12-24-21-20(25-19)18(11-23-21)22(28)26-9-7-15(13-27)8-10-26;;;;;;;;;;;;/h4-15,29H,1-3H3,(H,25,26)(H,27,30);7-10,12-14,16,20,28H,3-6,11H2,1-2H3,(H,24,25)(H,26,29);8-11,13-16H,3-7,12H2,1-2H3,(H,24,25)(H,26,28);3-6,11-12,14-15,27H,7-10,13H2,1-2H3,(H,23,24);12*1H/t;16-,20+;;;;;;;;;;;;;;/m.0............../s1. The van der Waals surface area contributed by atoms with E-state index < -0.39 is 66.5 Å². The molecule has 0 bridgehead atoms. The fourth-order valence-corrected chi connectivity index (χ4v) is 19.4. The zero-order valence-electron chi connectivity index (χ0n) is 72.1. The first-order valence-electron chi connectivity index (χ1n) is 42.6. The number of carbonyl (C=O) groups is 4. The van der Waals surface area contributed by atoms with Gasteiger partial charge in [-0.05, 0) is 179 Å². The molecule has 1 saturated heterocycles. The molecule has 3 aliphatic rings. The Hall–Kier alpha value is -11.9. The highest BCUT2D eigenvalue weighted by Crippen LogP contribution is 2.33. The van der Waals surface area contributed by atoms with Crippen LogP contribution in [0.1, 0.15) is 203 Å². The number of nitrogens with one attached hydrogen (secondary N) is 7. The third-order valence-electron chi connectivity index (χ3n) is 23.3. The maximum Gasteiger partial charge on any atom is 0.259 e. The molecule has 4 amide bonds. The van der Waals surface area contributed by atoms with Crippen LogP contribution >= 0.6 is 0 Å². The van der Waals surface area contributed by atoms with Gasteiger partial charge >= 0.3 is 0 Å². The Morgan fingerprint density at radius 2 is 0.764 bits per heavy atom. The molecule has 8 aromatic heterocycles. The number of aliphatic hydroxyl groups is 3. The number of carbonyl (C=O) groups excluding carboxylic acids is 4. The molecule has 35 heteroatoms. The van der Waals surface area contributed by atoms with E-state index in [0.717, 1.165) is 49.7 Å². The Labute approximate surface area is 755 Å². The predicted octanol–water partition coefficient (Wildman–Crippen LogP) is 16.9. The summed E-state index contributed by atoms with van der Waals surface area (Å²) in [5.41, 5.74) is 11.8. The fraction of sp³-hybridized carbons (Fsp3) is 0.370. The number of aromatic nitrogens is 12. The Kier molecular flexibility index (Phi) is 29.2. The number of amides is 4. The Morgan fingerprint density at radius 1 is 0.425 bits per heavy atom. The molecule has 9 heterocycles. The number of aromatic amines is 4. The number of nitrogens with zero attached hydrogens (tertiary/aromatic N) is 9. The van der Waals surface area contributed by atoms with Crippen molar-refractivity contribution in [3.8, 4) is 45.0 Å². The summed E-state index contributed by atoms with van der Waals surface area (Å²) >= 11 is 0. The fourth-order valence-electron chi connectivity index (χ4n) is 15.2. The van der Waals surface area contributed by atoms with Crippen LogP contribution in [0.5, 0.6) is 0 Å². The monoisotopic (exact) mass is 1830 g/mol. The second-order valence-corrected chi connectivity index (χ2v) is 43.3. The average Bonchev–Trinajstić information content (AvgIpc) is 1.68. The van der Waals surface area contributed by atoms with Crippen LogP contribution in [0, 0.1) is 17.8 Å². The van der Waals surface area contributed by atoms with E-state index in [1.165, 1.54) is 32.1 Å². The highest BCUT2D eigenvalue weighted by atomic mass is 32.2. The van der Waals surface area contributed by atoms with E-state index in [4.69, 9.17) is 0 Å². The van der Waals surface area contributed by atoms with E-state index in [0.29, 0.717) is 144 Å². The number of H-pyrrole nitrogens is 4. The molecule has 0 radical (unpaired) electrons. The lowest BCUT2D eigenvalue weighted by molar-refractivity contribution is 0.0650. The second-order valence-electron chi connectivity index (χ2n) is 33.3. The van der Waals surface area contributed by atoms with Gasteiger partial charge in [0.15, 0.2) is 61.9 Å². The number of benzene rings is 5. The SMILES string of the molecule is CC(C)S(=O)(=O)c1ccc(-c2cnc3[nH]cc(C(=O)N4CCC(CO)CC4)c3n2)cc1.CC(C)S(=O)(=O)c1ccc(-c2cnc3[nH]cc(C(=O)NCC4CCCCC4)c3n2)cc1.CC(C)S(=O)(=O)c1ccc(-c2cnc3[nH]cc(C(=O)NC[C@@H]4CCCC[C@H]4O)c3n2)cc1.CC(O)c1cccc(NC(=O)c2c[nH]c3ncc(-c4ccc(S(=O)(=O)C(C)C)cc4)nc23)c1.[HH].[HH].[HH].[HH].[HH].[HH].[HH].[HH].[HH].[HH].[HH].[HH]. The zero-order chi connectivity index (χ0) is 90.8. The summed E-state index contributed by atoms with van der Waals surface area (Å²) in [5.74, 6) is -0.0203. The average molecular weight is 1830 g/mol. The molecule has 3 atom stereocenters. The zero-order valence-corrected chi connectivity index (χ0v) is 75.3. The molecule has 0 spiro atoms. The normalized spacial score (nSPS) is 15.8. The largest absolute Gasteiger partial charge is 0.396 e. The highest BCUT2D eigenvalue weighted by Gasteiger charge is 2.31. The lowest BCUT2D eigenvalue weighted by Crippen LogP contribution is -2.39. The third kappa shape index (κ3) is 21.4. The minimum Gasteiger partial charge on any atom is -0.396 e. The topological polar surface area (TPSA) is 471 Å². The first-order chi connectivity index (χ1) is 60.6. The van der Waals surface area contributed by atoms with Gasteiger partial charge in [0.1, 0.15) is 22.1 Å². The molecule has 127 heavy (non-hydrogen) atoms. The van der Waals surface area contributed by atoms with Gasteiger partial charge in [-0.15, -0.1) is 0 Å². The molecule has 692 valence electrons. The molecule has 1 unspecified atom stereocenters. The molecule has 31 nitrogen and oxygen atoms in total. The molecule has 5 aromatic carbocycles. The Balaban J connectivity index is 0.000000901. The summed E-state index contributed by atoms with van der Waals surface area (Å²) in [6.07, 6.45) is 23.2. The lowest BCUT2D eigenvalue weighted by Gasteiger charge is -2.30. The first-order valence-corrected chi connectivity index (χ1v) is 48.8. The van der Waals surface area contributed by atoms with Crippen molar-refractivity contribution in [2.75, 3.05) is 38.1 Å². The van der Waals surface area contributed by atoms with Crippen LogP contribution < -0.4 is 16.0 Å². The Morgan fingerprint density at radius 3 is 1.12 bits per heavy atom. The van der Waals surface area contributed by atoms with E-state index in [1.807, 2.05) is 0 Å². The maximum atomic E-state index is 13.0. The number of anilines is 1. The smallest absolute Gasteiger partial charge is 0.259 e. The summed E-state index contributed by atoms with van der Waals surface area (Å²) in [6.45, 7) is 17.3. The number of sulfone groups is 4. The summed E-state index contributed by atoms with van der Waals surface area (Å²) in [7, 11) is -13.4. The van der Waals surface area contributed by atoms with Crippen LogP contribution in [0.4, 0.5) is 5.69 Å². The number of piperidine rings is 1. The van der Waals surface area contributed by atoms with Crippen LogP contribution in [0.2, 0.25) is 0 Å². The van der Waals surface area contributed by atoms with Gasteiger partial charge in [-0.25, -0.2) is 73.5 Å². The summed E-state index contributed by atoms with van der Waals surface area (Å²) in [5, 5.41) is 36.0. The van der Waals surface area contributed by atoms with Gasteiger partial charge in [0.05, 0.1) is 123 Å². The van der Waals surface area contributed by atoms with Gasteiger partial charge in [0, 0.05) is 109 Å². The van der Waals surface area contributed by atoms with Gasteiger partial charge in [-0.3, -0.25) is 19.2 Å². The van der Waals surface area contributed by atoms with Crippen LogP contribution in [-0.4, -0.2) is 197 Å². The first kappa shape index (κ1) is 92.8. The Bertz CT molecular complexity index is 6660. The highest BCUT2D eigenvalue weighted by molar-refractivity contribution is 7.92. The van der Waals surface area contributed by atoms with Crippen molar-refractivity contribution in [2.45, 2.75) is 186 Å². The van der Waals surface area contributed by atoms with Crippen LogP contribution in [0.15, 0.2) is 190 Å². The van der Waals surface area contributed by atoms with Gasteiger partial charge < -0.3 is 56.1 Å². The van der Waals surface area contributed by atoms with Gasteiger partial charge in [0.25, 0.3) is 23.6 Å². The van der Waals surface area contributed by atoms with Gasteiger partial charge in [0.2, 0.25) is 0 Å². The van der Waals surface area contributed by atoms with Crippen molar-refractivity contribution in [1.29, 1.82) is 0 Å².